The molecule has 3 rings (SSSR count). The van der Waals surface area contributed by atoms with Gasteiger partial charge in [-0.25, -0.2) is 8.42 Å². The second-order valence-corrected chi connectivity index (χ2v) is 8.12. The van der Waals surface area contributed by atoms with Gasteiger partial charge in [0, 0.05) is 32.7 Å². The Morgan fingerprint density at radius 3 is 2.45 bits per heavy atom. The molecule has 0 aromatic heterocycles. The van der Waals surface area contributed by atoms with E-state index in [9.17, 15) is 8.42 Å². The number of piperazine rings is 1. The summed E-state index contributed by atoms with van der Waals surface area (Å²) in [7, 11) is -2.99. The van der Waals surface area contributed by atoms with Gasteiger partial charge in [-0.2, -0.15) is 4.31 Å². The van der Waals surface area contributed by atoms with Crippen molar-refractivity contribution in [1.82, 2.24) is 9.21 Å². The molecule has 0 unspecified atom stereocenters. The van der Waals surface area contributed by atoms with Gasteiger partial charge in [0.1, 0.15) is 0 Å². The largest absolute Gasteiger partial charge is 0.296 e. The molecule has 1 aliphatic heterocycles. The number of sulfonamides is 1. The van der Waals surface area contributed by atoms with Crippen LogP contribution in [0.2, 0.25) is 0 Å². The Kier molecular flexibility index (Phi) is 3.84. The van der Waals surface area contributed by atoms with Gasteiger partial charge in [0.15, 0.2) is 0 Å². The first-order valence-corrected chi connectivity index (χ1v) is 8.83. The summed E-state index contributed by atoms with van der Waals surface area (Å²) in [5, 5.41) is -0.0779. The van der Waals surface area contributed by atoms with Crippen LogP contribution in [0, 0.1) is 6.92 Å². The number of aryl methyl sites for hydroxylation is 1. The van der Waals surface area contributed by atoms with E-state index in [4.69, 9.17) is 0 Å². The Labute approximate surface area is 121 Å². The highest BCUT2D eigenvalue weighted by Crippen LogP contribution is 2.31. The number of hydrogen-bond acceptors (Lipinski definition) is 3. The van der Waals surface area contributed by atoms with Crippen molar-refractivity contribution in [2.75, 3.05) is 26.2 Å². The van der Waals surface area contributed by atoms with E-state index in [0.29, 0.717) is 13.1 Å². The second-order valence-electron chi connectivity index (χ2n) is 5.91. The predicted octanol–water partition coefficient (Wildman–Crippen LogP) is 1.60. The van der Waals surface area contributed by atoms with Crippen LogP contribution in [0.4, 0.5) is 0 Å². The molecule has 5 heteroatoms. The van der Waals surface area contributed by atoms with Gasteiger partial charge in [0.25, 0.3) is 0 Å². The lowest BCUT2D eigenvalue weighted by atomic mass is 10.1. The maximum absolute atomic E-state index is 12.2. The highest BCUT2D eigenvalue weighted by molar-refractivity contribution is 7.90. The summed E-state index contributed by atoms with van der Waals surface area (Å²) in [5.74, 6) is 0. The molecule has 0 radical (unpaired) electrons. The molecule has 2 aliphatic rings. The lowest BCUT2D eigenvalue weighted by Crippen LogP contribution is -2.49. The number of rotatable bonds is 4. The first-order chi connectivity index (χ1) is 9.55. The summed E-state index contributed by atoms with van der Waals surface area (Å²) < 4.78 is 26.0. The molecule has 1 heterocycles. The minimum absolute atomic E-state index is 0.0779. The fourth-order valence-electron chi connectivity index (χ4n) is 2.79. The average molecular weight is 294 g/mol. The predicted molar refractivity (Wildman–Crippen MR) is 80.0 cm³/mol. The molecule has 0 N–H and O–H groups in total. The van der Waals surface area contributed by atoms with Gasteiger partial charge in [0.05, 0.1) is 5.25 Å². The fraction of sp³-hybridized carbons (Fsp3) is 0.600. The van der Waals surface area contributed by atoms with Crippen LogP contribution >= 0.6 is 0 Å². The van der Waals surface area contributed by atoms with Crippen LogP contribution in [0.5, 0.6) is 0 Å². The van der Waals surface area contributed by atoms with E-state index in [1.54, 1.807) is 4.31 Å². The van der Waals surface area contributed by atoms with E-state index < -0.39 is 10.0 Å². The normalized spacial score (nSPS) is 22.1. The molecule has 4 nitrogen and oxygen atoms in total. The first-order valence-electron chi connectivity index (χ1n) is 7.32. The maximum atomic E-state index is 12.2. The van der Waals surface area contributed by atoms with E-state index in [1.165, 1.54) is 11.1 Å². The first kappa shape index (κ1) is 14.0. The molecule has 0 amide bonds. The second kappa shape index (κ2) is 5.47. The van der Waals surface area contributed by atoms with Crippen LogP contribution in [0.25, 0.3) is 0 Å². The molecule has 1 saturated carbocycles. The Hall–Kier alpha value is -0.910. The molecule has 0 bridgehead atoms. The van der Waals surface area contributed by atoms with E-state index in [-0.39, 0.29) is 5.25 Å². The summed E-state index contributed by atoms with van der Waals surface area (Å²) >= 11 is 0. The highest BCUT2D eigenvalue weighted by atomic mass is 32.2. The van der Waals surface area contributed by atoms with Gasteiger partial charge in [0.2, 0.25) is 10.0 Å². The summed E-state index contributed by atoms with van der Waals surface area (Å²) in [6, 6.07) is 8.52. The maximum Gasteiger partial charge on any atom is 0.217 e. The minimum Gasteiger partial charge on any atom is -0.296 e. The zero-order valence-electron chi connectivity index (χ0n) is 12.0. The quantitative estimate of drug-likeness (QED) is 0.847. The zero-order valence-corrected chi connectivity index (χ0v) is 12.8. The third kappa shape index (κ3) is 3.05. The molecule has 20 heavy (non-hydrogen) atoms. The van der Waals surface area contributed by atoms with Crippen LogP contribution in [0.1, 0.15) is 24.0 Å². The molecule has 2 fully saturated rings. The molecule has 110 valence electrons. The van der Waals surface area contributed by atoms with Crippen molar-refractivity contribution < 1.29 is 8.42 Å². The molecule has 1 aliphatic carbocycles. The highest BCUT2D eigenvalue weighted by Gasteiger charge is 2.40. The van der Waals surface area contributed by atoms with Crippen LogP contribution < -0.4 is 0 Å². The fourth-order valence-corrected chi connectivity index (χ4v) is 4.61. The summed E-state index contributed by atoms with van der Waals surface area (Å²) in [4.78, 5) is 2.34. The molecule has 1 aromatic carbocycles. The van der Waals surface area contributed by atoms with Gasteiger partial charge in [-0.3, -0.25) is 4.90 Å². The van der Waals surface area contributed by atoms with Crippen LogP contribution in [0.15, 0.2) is 24.3 Å². The van der Waals surface area contributed by atoms with E-state index in [0.717, 1.165) is 32.5 Å². The third-order valence-corrected chi connectivity index (χ3v) is 6.52. The number of benzene rings is 1. The molecular weight excluding hydrogens is 272 g/mol. The lowest BCUT2D eigenvalue weighted by molar-refractivity contribution is 0.181. The van der Waals surface area contributed by atoms with Crippen molar-refractivity contribution in [2.45, 2.75) is 31.6 Å². The lowest BCUT2D eigenvalue weighted by Gasteiger charge is -2.34. The van der Waals surface area contributed by atoms with Crippen molar-refractivity contribution in [2.24, 2.45) is 0 Å². The monoisotopic (exact) mass is 294 g/mol. The Morgan fingerprint density at radius 1 is 1.15 bits per heavy atom. The van der Waals surface area contributed by atoms with E-state index in [1.807, 2.05) is 0 Å². The molecule has 0 atom stereocenters. The van der Waals surface area contributed by atoms with Gasteiger partial charge in [-0.05, 0) is 25.3 Å². The Balaban J connectivity index is 1.56. The van der Waals surface area contributed by atoms with E-state index >= 15 is 0 Å². The van der Waals surface area contributed by atoms with Gasteiger partial charge in [-0.15, -0.1) is 0 Å². The summed E-state index contributed by atoms with van der Waals surface area (Å²) in [6.45, 7) is 5.97. The average Bonchev–Trinajstić information content (AvgIpc) is 3.24. The minimum atomic E-state index is -2.99. The third-order valence-electron chi connectivity index (χ3n) is 4.13. The topological polar surface area (TPSA) is 40.6 Å². The Bertz CT molecular complexity index is 573. The van der Waals surface area contributed by atoms with Gasteiger partial charge in [-0.1, -0.05) is 29.8 Å². The van der Waals surface area contributed by atoms with Crippen molar-refractivity contribution in [1.29, 1.82) is 0 Å². The summed E-state index contributed by atoms with van der Waals surface area (Å²) in [5.41, 5.74) is 2.58. The smallest absolute Gasteiger partial charge is 0.217 e. The van der Waals surface area contributed by atoms with Gasteiger partial charge < -0.3 is 0 Å². The molecule has 1 aromatic rings. The number of nitrogens with zero attached hydrogens (tertiary/aromatic N) is 2. The van der Waals surface area contributed by atoms with Crippen molar-refractivity contribution in [3.8, 4) is 0 Å². The van der Waals surface area contributed by atoms with E-state index in [2.05, 4.69) is 36.1 Å². The Morgan fingerprint density at radius 2 is 1.85 bits per heavy atom. The molecule has 1 saturated heterocycles. The zero-order chi connectivity index (χ0) is 14.2. The number of hydrogen-bond donors (Lipinski definition) is 0. The van der Waals surface area contributed by atoms with Crippen LogP contribution in [-0.2, 0) is 16.6 Å². The molecule has 0 spiro atoms. The molecular formula is C15H22N2O2S. The van der Waals surface area contributed by atoms with Gasteiger partial charge >= 0.3 is 0 Å². The van der Waals surface area contributed by atoms with Crippen molar-refractivity contribution >= 4 is 10.0 Å². The standard InChI is InChI=1S/C15H22N2O2S/c1-13-3-2-4-14(11-13)12-16-7-9-17(10-8-16)20(18,19)15-5-6-15/h2-4,11,15H,5-10,12H2,1H3. The summed E-state index contributed by atoms with van der Waals surface area (Å²) in [6.07, 6.45) is 1.71. The SMILES string of the molecule is Cc1cccc(CN2CCN(S(=O)(=O)C3CC3)CC2)c1. The van der Waals surface area contributed by atoms with Crippen molar-refractivity contribution in [3.63, 3.8) is 0 Å². The van der Waals surface area contributed by atoms with Crippen LogP contribution in [-0.4, -0.2) is 49.1 Å². The van der Waals surface area contributed by atoms with Crippen molar-refractivity contribution in [3.05, 3.63) is 35.4 Å². The van der Waals surface area contributed by atoms with Crippen LogP contribution in [0.3, 0.4) is 0 Å².